The molecule has 2 heterocycles. The van der Waals surface area contributed by atoms with Crippen molar-refractivity contribution in [3.8, 4) is 0 Å². The summed E-state index contributed by atoms with van der Waals surface area (Å²) < 4.78 is 0. The van der Waals surface area contributed by atoms with E-state index in [-0.39, 0.29) is 18.4 Å². The lowest BCUT2D eigenvalue weighted by atomic mass is 10.2. The Morgan fingerprint density at radius 1 is 1.43 bits per heavy atom. The number of aromatic nitrogens is 1. The molecule has 0 aliphatic rings. The van der Waals surface area contributed by atoms with Crippen LogP contribution in [-0.4, -0.2) is 34.8 Å². The molecule has 0 spiro atoms. The van der Waals surface area contributed by atoms with Gasteiger partial charge in [0.25, 0.3) is 5.91 Å². The zero-order valence-electron chi connectivity index (χ0n) is 12.0. The van der Waals surface area contributed by atoms with Crippen molar-refractivity contribution in [3.63, 3.8) is 0 Å². The Morgan fingerprint density at radius 3 is 2.71 bits per heavy atom. The molecule has 112 valence electrons. The topological polar surface area (TPSA) is 102 Å². The molecule has 0 aliphatic heterocycles. The third-order valence-electron chi connectivity index (χ3n) is 2.92. The third kappa shape index (κ3) is 3.30. The fourth-order valence-corrected chi connectivity index (χ4v) is 3.13. The fourth-order valence-electron chi connectivity index (χ4n) is 2.10. The van der Waals surface area contributed by atoms with Gasteiger partial charge in [-0.1, -0.05) is 13.8 Å². The van der Waals surface area contributed by atoms with Gasteiger partial charge in [-0.25, -0.2) is 4.98 Å². The largest absolute Gasteiger partial charge is 0.397 e. The molecule has 0 saturated carbocycles. The first-order chi connectivity index (χ1) is 9.90. The second kappa shape index (κ2) is 6.09. The maximum Gasteiger partial charge on any atom is 0.266 e. The minimum Gasteiger partial charge on any atom is -0.397 e. The third-order valence-corrected chi connectivity index (χ3v) is 4.04. The predicted octanol–water partition coefficient (Wildman–Crippen LogP) is 1.46. The molecular weight excluding hydrogens is 288 g/mol. The first kappa shape index (κ1) is 15.2. The normalized spacial score (nSPS) is 11.0. The molecule has 2 rings (SSSR count). The van der Waals surface area contributed by atoms with Crippen molar-refractivity contribution in [2.24, 2.45) is 11.7 Å². The Labute approximate surface area is 126 Å². The van der Waals surface area contributed by atoms with E-state index in [1.54, 1.807) is 12.3 Å². The number of nitrogens with zero attached hydrogens (tertiary/aromatic N) is 2. The number of amides is 2. The van der Waals surface area contributed by atoms with Gasteiger partial charge in [-0.05, 0) is 18.1 Å². The van der Waals surface area contributed by atoms with Crippen molar-refractivity contribution >= 4 is 39.1 Å². The van der Waals surface area contributed by atoms with Gasteiger partial charge in [-0.15, -0.1) is 11.3 Å². The smallest absolute Gasteiger partial charge is 0.266 e. The lowest BCUT2D eigenvalue weighted by Crippen LogP contribution is -2.40. The van der Waals surface area contributed by atoms with Gasteiger partial charge in [0.1, 0.15) is 9.71 Å². The summed E-state index contributed by atoms with van der Waals surface area (Å²) in [4.78, 5) is 30.6. The van der Waals surface area contributed by atoms with E-state index >= 15 is 0 Å². The van der Waals surface area contributed by atoms with Gasteiger partial charge in [0.05, 0.1) is 12.2 Å². The minimum atomic E-state index is -0.540. The number of hydrogen-bond donors (Lipinski definition) is 2. The molecule has 0 fully saturated rings. The van der Waals surface area contributed by atoms with Gasteiger partial charge in [-0.3, -0.25) is 9.59 Å². The summed E-state index contributed by atoms with van der Waals surface area (Å²) in [6, 6.07) is 3.60. The molecular formula is C14H18N4O2S. The Hall–Kier alpha value is -2.15. The SMILES string of the molecule is CC(C)CN(CC(N)=O)C(=O)c1sc2ncccc2c1N. The van der Waals surface area contributed by atoms with Crippen LogP contribution in [0.25, 0.3) is 10.2 Å². The van der Waals surface area contributed by atoms with Crippen LogP contribution in [0.2, 0.25) is 0 Å². The number of primary amides is 1. The molecule has 21 heavy (non-hydrogen) atoms. The summed E-state index contributed by atoms with van der Waals surface area (Å²) in [7, 11) is 0. The number of carbonyl (C=O) groups is 2. The van der Waals surface area contributed by atoms with E-state index in [9.17, 15) is 9.59 Å². The average Bonchev–Trinajstić information content (AvgIpc) is 2.74. The van der Waals surface area contributed by atoms with Crippen LogP contribution in [0.1, 0.15) is 23.5 Å². The first-order valence-corrected chi connectivity index (χ1v) is 7.42. The monoisotopic (exact) mass is 306 g/mol. The highest BCUT2D eigenvalue weighted by Crippen LogP contribution is 2.32. The van der Waals surface area contributed by atoms with Crippen LogP contribution in [0.4, 0.5) is 5.69 Å². The van der Waals surface area contributed by atoms with E-state index in [0.29, 0.717) is 21.9 Å². The molecule has 0 radical (unpaired) electrons. The number of hydrogen-bond acceptors (Lipinski definition) is 5. The molecule has 0 saturated heterocycles. The standard InChI is InChI=1S/C14H18N4O2S/c1-8(2)6-18(7-10(15)19)14(20)12-11(16)9-4-3-5-17-13(9)21-12/h3-5,8H,6-7,16H2,1-2H3,(H2,15,19). The molecule has 7 heteroatoms. The van der Waals surface area contributed by atoms with Gasteiger partial charge in [-0.2, -0.15) is 0 Å². The van der Waals surface area contributed by atoms with E-state index in [2.05, 4.69) is 4.98 Å². The number of thiophene rings is 1. The molecule has 4 N–H and O–H groups in total. The first-order valence-electron chi connectivity index (χ1n) is 6.60. The summed E-state index contributed by atoms with van der Waals surface area (Å²) in [6.07, 6.45) is 1.65. The van der Waals surface area contributed by atoms with E-state index < -0.39 is 5.91 Å². The van der Waals surface area contributed by atoms with E-state index in [1.165, 1.54) is 16.2 Å². The quantitative estimate of drug-likeness (QED) is 0.873. The van der Waals surface area contributed by atoms with Gasteiger partial charge < -0.3 is 16.4 Å². The van der Waals surface area contributed by atoms with Crippen molar-refractivity contribution in [3.05, 3.63) is 23.2 Å². The molecule has 0 aliphatic carbocycles. The lowest BCUT2D eigenvalue weighted by molar-refractivity contribution is -0.118. The molecule has 2 aromatic rings. The van der Waals surface area contributed by atoms with Crippen LogP contribution in [-0.2, 0) is 4.79 Å². The maximum absolute atomic E-state index is 12.6. The van der Waals surface area contributed by atoms with Crippen molar-refractivity contribution in [1.29, 1.82) is 0 Å². The minimum absolute atomic E-state index is 0.113. The van der Waals surface area contributed by atoms with Crippen LogP contribution >= 0.6 is 11.3 Å². The number of nitrogen functional groups attached to an aromatic ring is 1. The van der Waals surface area contributed by atoms with Crippen molar-refractivity contribution in [1.82, 2.24) is 9.88 Å². The molecule has 2 aromatic heterocycles. The number of carbonyl (C=O) groups excluding carboxylic acids is 2. The van der Waals surface area contributed by atoms with Crippen LogP contribution in [0, 0.1) is 5.92 Å². The summed E-state index contributed by atoms with van der Waals surface area (Å²) in [5, 5.41) is 0.759. The Bertz CT molecular complexity index is 681. The zero-order valence-corrected chi connectivity index (χ0v) is 12.8. The second-order valence-corrected chi connectivity index (χ2v) is 6.25. The molecule has 2 amide bonds. The highest BCUT2D eigenvalue weighted by atomic mass is 32.1. The summed E-state index contributed by atoms with van der Waals surface area (Å²) in [6.45, 7) is 4.27. The fraction of sp³-hybridized carbons (Fsp3) is 0.357. The number of rotatable bonds is 5. The summed E-state index contributed by atoms with van der Waals surface area (Å²) in [5.41, 5.74) is 11.7. The zero-order chi connectivity index (χ0) is 15.6. The van der Waals surface area contributed by atoms with Gasteiger partial charge in [0.2, 0.25) is 5.91 Å². The van der Waals surface area contributed by atoms with E-state index in [4.69, 9.17) is 11.5 Å². The second-order valence-electron chi connectivity index (χ2n) is 5.25. The number of anilines is 1. The Balaban J connectivity index is 2.38. The van der Waals surface area contributed by atoms with Crippen LogP contribution in [0.15, 0.2) is 18.3 Å². The predicted molar refractivity (Wildman–Crippen MR) is 84.0 cm³/mol. The number of nitrogens with two attached hydrogens (primary N) is 2. The molecule has 0 bridgehead atoms. The highest BCUT2D eigenvalue weighted by molar-refractivity contribution is 7.21. The van der Waals surface area contributed by atoms with E-state index in [1.807, 2.05) is 19.9 Å². The van der Waals surface area contributed by atoms with Crippen LogP contribution in [0.3, 0.4) is 0 Å². The maximum atomic E-state index is 12.6. The number of fused-ring (bicyclic) bond motifs is 1. The Kier molecular flexibility index (Phi) is 4.42. The molecule has 0 aromatic carbocycles. The summed E-state index contributed by atoms with van der Waals surface area (Å²) in [5.74, 6) is -0.591. The lowest BCUT2D eigenvalue weighted by Gasteiger charge is -2.22. The van der Waals surface area contributed by atoms with Crippen molar-refractivity contribution in [2.45, 2.75) is 13.8 Å². The molecule has 6 nitrogen and oxygen atoms in total. The van der Waals surface area contributed by atoms with Crippen LogP contribution in [0.5, 0.6) is 0 Å². The highest BCUT2D eigenvalue weighted by Gasteiger charge is 2.24. The molecule has 0 atom stereocenters. The number of pyridine rings is 1. The van der Waals surface area contributed by atoms with Crippen molar-refractivity contribution in [2.75, 3.05) is 18.8 Å². The summed E-state index contributed by atoms with van der Waals surface area (Å²) >= 11 is 1.24. The van der Waals surface area contributed by atoms with Crippen LogP contribution < -0.4 is 11.5 Å². The van der Waals surface area contributed by atoms with Gasteiger partial charge in [0, 0.05) is 18.1 Å². The van der Waals surface area contributed by atoms with E-state index in [0.717, 1.165) is 5.39 Å². The van der Waals surface area contributed by atoms with Crippen molar-refractivity contribution < 1.29 is 9.59 Å². The van der Waals surface area contributed by atoms with Gasteiger partial charge in [0.15, 0.2) is 0 Å². The van der Waals surface area contributed by atoms with Gasteiger partial charge >= 0.3 is 0 Å². The average molecular weight is 306 g/mol. The molecule has 0 unspecified atom stereocenters. The Morgan fingerprint density at radius 2 is 2.14 bits per heavy atom.